The molecule has 0 radical (unpaired) electrons. The van der Waals surface area contributed by atoms with Crippen molar-refractivity contribution < 1.29 is 37.4 Å². The van der Waals surface area contributed by atoms with E-state index in [9.17, 15) is 14.5 Å². The molecule has 0 bridgehead atoms. The molecule has 2 aromatic heterocycles. The summed E-state index contributed by atoms with van der Waals surface area (Å²) >= 11 is 6.31. The van der Waals surface area contributed by atoms with Crippen LogP contribution in [0.2, 0.25) is 0 Å². The van der Waals surface area contributed by atoms with Crippen LogP contribution in [0.5, 0.6) is 5.75 Å². The highest BCUT2D eigenvalue weighted by molar-refractivity contribution is 7.52. The third-order valence-electron chi connectivity index (χ3n) is 7.24. The lowest BCUT2D eigenvalue weighted by molar-refractivity contribution is -0.149. The molecule has 0 spiro atoms. The molecular formula is C29H35ClFN6O7P. The van der Waals surface area contributed by atoms with Gasteiger partial charge in [0.15, 0.2) is 29.4 Å². The molecule has 242 valence electrons. The van der Waals surface area contributed by atoms with Gasteiger partial charge in [0.25, 0.3) is 0 Å². The normalized spacial score (nSPS) is 23.7. The molecule has 3 heterocycles. The maximum absolute atomic E-state index is 15.8. The summed E-state index contributed by atoms with van der Waals surface area (Å²) in [4.78, 5) is 25.6. The lowest BCUT2D eigenvalue weighted by Gasteiger charge is -2.31. The lowest BCUT2D eigenvalue weighted by Crippen LogP contribution is -2.48. The van der Waals surface area contributed by atoms with E-state index >= 15 is 4.39 Å². The van der Waals surface area contributed by atoms with Gasteiger partial charge in [0.1, 0.15) is 29.3 Å². The van der Waals surface area contributed by atoms with Crippen molar-refractivity contribution in [3.05, 3.63) is 54.6 Å². The molecule has 16 heteroatoms. The van der Waals surface area contributed by atoms with Crippen LogP contribution in [-0.2, 0) is 23.4 Å². The number of ether oxygens (including phenoxy) is 2. The number of anilines is 1. The number of hydrogen-bond acceptors (Lipinski definition) is 11. The molecule has 0 aliphatic carbocycles. The van der Waals surface area contributed by atoms with Gasteiger partial charge >= 0.3 is 13.7 Å². The van der Waals surface area contributed by atoms with Gasteiger partial charge in [-0.15, -0.1) is 11.6 Å². The van der Waals surface area contributed by atoms with E-state index in [1.54, 1.807) is 52.1 Å². The predicted molar refractivity (Wildman–Crippen MR) is 166 cm³/mol. The highest BCUT2D eigenvalue weighted by atomic mass is 35.5. The molecule has 2 aromatic carbocycles. The minimum absolute atomic E-state index is 0.197. The third kappa shape index (κ3) is 6.62. The van der Waals surface area contributed by atoms with Crippen LogP contribution in [0.4, 0.5) is 10.2 Å². The van der Waals surface area contributed by atoms with Gasteiger partial charge in [0, 0.05) is 12.4 Å². The standard InChI is InChI=1S/C29H35ClFN6O7P/c1-16(2)42-28(39)17(3)36-45(40,44-21-12-8-10-19-9-6-7-11-20(19)21)41-14-29(13-30)24(38)22(31)27(43-29)37-15-33-23-25(32-5)34-18(4)35-26(23)37/h6-12,15-17,22,24,27,38H,13-14H2,1-5H3,(H,36,40)(H,32,34,35)/t17-,22-,24+,27-,29-,45+/m1/s1. The maximum atomic E-state index is 15.8. The molecule has 0 amide bonds. The zero-order valence-corrected chi connectivity index (χ0v) is 27.0. The van der Waals surface area contributed by atoms with E-state index in [1.807, 2.05) is 18.2 Å². The highest BCUT2D eigenvalue weighted by Gasteiger charge is 2.57. The molecule has 13 nitrogen and oxygen atoms in total. The van der Waals surface area contributed by atoms with E-state index in [0.29, 0.717) is 22.5 Å². The van der Waals surface area contributed by atoms with Crippen molar-refractivity contribution >= 4 is 53.1 Å². The van der Waals surface area contributed by atoms with E-state index in [1.165, 1.54) is 17.8 Å². The predicted octanol–water partition coefficient (Wildman–Crippen LogP) is 4.67. The van der Waals surface area contributed by atoms with Crippen molar-refractivity contribution in [2.75, 3.05) is 24.9 Å². The second kappa shape index (κ2) is 13.1. The number of aliphatic hydroxyl groups excluding tert-OH is 1. The number of aromatic nitrogens is 4. The van der Waals surface area contributed by atoms with Crippen molar-refractivity contribution in [3.63, 3.8) is 0 Å². The molecule has 1 saturated heterocycles. The minimum Gasteiger partial charge on any atom is -0.462 e. The Hall–Kier alpha value is -3.39. The monoisotopic (exact) mass is 664 g/mol. The van der Waals surface area contributed by atoms with Crippen LogP contribution in [0.15, 0.2) is 48.8 Å². The fourth-order valence-corrected chi connectivity index (χ4v) is 6.86. The summed E-state index contributed by atoms with van der Waals surface area (Å²) in [6, 6.07) is 11.3. The number of alkyl halides is 2. The summed E-state index contributed by atoms with van der Waals surface area (Å²) in [5.74, 6) is -0.124. The Bertz CT molecular complexity index is 1740. The molecule has 1 aliphatic rings. The van der Waals surface area contributed by atoms with Crippen molar-refractivity contribution in [1.82, 2.24) is 24.6 Å². The topological polar surface area (TPSA) is 159 Å². The average molecular weight is 665 g/mol. The summed E-state index contributed by atoms with van der Waals surface area (Å²) in [7, 11) is -2.79. The highest BCUT2D eigenvalue weighted by Crippen LogP contribution is 2.50. The van der Waals surface area contributed by atoms with E-state index < -0.39 is 62.5 Å². The van der Waals surface area contributed by atoms with Crippen molar-refractivity contribution in [2.45, 2.75) is 63.9 Å². The van der Waals surface area contributed by atoms with Gasteiger partial charge in [-0.3, -0.25) is 13.9 Å². The quantitative estimate of drug-likeness (QED) is 0.109. The van der Waals surface area contributed by atoms with Crippen molar-refractivity contribution in [2.24, 2.45) is 0 Å². The van der Waals surface area contributed by atoms with Crippen LogP contribution in [0.1, 0.15) is 32.8 Å². The molecule has 3 N–H and O–H groups in total. The fourth-order valence-electron chi connectivity index (χ4n) is 5.00. The van der Waals surface area contributed by atoms with E-state index in [-0.39, 0.29) is 11.4 Å². The number of esters is 1. The summed E-state index contributed by atoms with van der Waals surface area (Å²) < 4.78 is 54.6. The number of fused-ring (bicyclic) bond motifs is 2. The van der Waals surface area contributed by atoms with Gasteiger partial charge in [0.2, 0.25) is 0 Å². The maximum Gasteiger partial charge on any atom is 0.459 e. The van der Waals surface area contributed by atoms with E-state index in [0.717, 1.165) is 5.39 Å². The van der Waals surface area contributed by atoms with Gasteiger partial charge in [-0.2, -0.15) is 5.09 Å². The van der Waals surface area contributed by atoms with Crippen LogP contribution < -0.4 is 14.9 Å². The van der Waals surface area contributed by atoms with Gasteiger partial charge < -0.3 is 24.4 Å². The van der Waals surface area contributed by atoms with Gasteiger partial charge in [-0.05, 0) is 39.1 Å². The minimum atomic E-state index is -4.46. The SMILES string of the molecule is CNc1nc(C)nc2c1ncn2[C@@H]1O[C@](CCl)(CO[P@@](=O)(N[C@H](C)C(=O)OC(C)C)Oc2cccc3ccccc23)[C@@H](O)[C@H]1F. The second-order valence-corrected chi connectivity index (χ2v) is 12.9. The Morgan fingerprint density at radius 2 is 1.96 bits per heavy atom. The first kappa shape index (κ1) is 33.0. The molecule has 6 atom stereocenters. The first-order chi connectivity index (χ1) is 21.4. The fraction of sp³-hybridized carbons (Fsp3) is 0.448. The Kier molecular flexibility index (Phi) is 9.64. The van der Waals surface area contributed by atoms with Crippen LogP contribution in [-0.4, -0.2) is 80.2 Å². The summed E-state index contributed by atoms with van der Waals surface area (Å²) in [6.45, 7) is 5.78. The number of aliphatic hydroxyl groups is 1. The molecule has 0 saturated carbocycles. The number of rotatable bonds is 12. The molecule has 5 rings (SSSR count). The van der Waals surface area contributed by atoms with Crippen LogP contribution >= 0.6 is 19.3 Å². The molecule has 0 unspecified atom stereocenters. The number of benzene rings is 2. The molecule has 4 aromatic rings. The Morgan fingerprint density at radius 1 is 1.22 bits per heavy atom. The third-order valence-corrected chi connectivity index (χ3v) is 9.31. The lowest BCUT2D eigenvalue weighted by atomic mass is 9.99. The number of aryl methyl sites for hydroxylation is 1. The number of imidazole rings is 1. The van der Waals surface area contributed by atoms with Crippen molar-refractivity contribution in [1.29, 1.82) is 0 Å². The largest absolute Gasteiger partial charge is 0.462 e. The Labute approximate surface area is 264 Å². The number of halogens is 2. The number of nitrogens with zero attached hydrogens (tertiary/aromatic N) is 4. The Morgan fingerprint density at radius 3 is 2.67 bits per heavy atom. The second-order valence-electron chi connectivity index (χ2n) is 11.0. The Balaban J connectivity index is 1.45. The zero-order chi connectivity index (χ0) is 32.5. The number of nitrogens with one attached hydrogen (secondary N) is 2. The molecule has 45 heavy (non-hydrogen) atoms. The summed E-state index contributed by atoms with van der Waals surface area (Å²) in [6.07, 6.45) is -4.36. The van der Waals surface area contributed by atoms with E-state index in [4.69, 9.17) is 30.1 Å². The molecular weight excluding hydrogens is 630 g/mol. The number of carbonyl (C=O) groups is 1. The van der Waals surface area contributed by atoms with Crippen LogP contribution in [0.25, 0.3) is 21.9 Å². The average Bonchev–Trinajstić information content (AvgIpc) is 3.54. The number of hydrogen-bond donors (Lipinski definition) is 3. The molecule has 1 aliphatic heterocycles. The zero-order valence-electron chi connectivity index (χ0n) is 25.3. The summed E-state index contributed by atoms with van der Waals surface area (Å²) in [5, 5.41) is 18.1. The van der Waals surface area contributed by atoms with Gasteiger partial charge in [-0.25, -0.2) is 23.9 Å². The molecule has 1 fully saturated rings. The first-order valence-corrected chi connectivity index (χ1v) is 16.3. The number of carbonyl (C=O) groups excluding carboxylic acids is 1. The van der Waals surface area contributed by atoms with Crippen molar-refractivity contribution in [3.8, 4) is 5.75 Å². The van der Waals surface area contributed by atoms with E-state index in [2.05, 4.69) is 25.4 Å². The van der Waals surface area contributed by atoms with Crippen LogP contribution in [0.3, 0.4) is 0 Å². The van der Waals surface area contributed by atoms with Gasteiger partial charge in [-0.1, -0.05) is 36.4 Å². The smallest absolute Gasteiger partial charge is 0.459 e. The first-order valence-electron chi connectivity index (χ1n) is 14.3. The van der Waals surface area contributed by atoms with Crippen LogP contribution in [0, 0.1) is 6.92 Å². The summed E-state index contributed by atoms with van der Waals surface area (Å²) in [5.41, 5.74) is -1.26. The van der Waals surface area contributed by atoms with Gasteiger partial charge in [0.05, 0.1) is 24.9 Å².